The van der Waals surface area contributed by atoms with Crippen LogP contribution >= 0.6 is 0 Å². The highest BCUT2D eigenvalue weighted by Crippen LogP contribution is 2.27. The first-order valence-electron chi connectivity index (χ1n) is 7.09. The Kier molecular flexibility index (Phi) is 4.86. The normalized spacial score (nSPS) is 11.1. The number of ether oxygens (including phenoxy) is 2. The van der Waals surface area contributed by atoms with E-state index in [-0.39, 0.29) is 23.0 Å². The van der Waals surface area contributed by atoms with Crippen LogP contribution < -0.4 is 15.8 Å². The number of carbonyl (C=O) groups is 2. The number of hydrogen-bond acceptors (Lipinski definition) is 7. The number of anilines is 1. The molecular weight excluding hydrogens is 335 g/mol. The van der Waals surface area contributed by atoms with Gasteiger partial charge >= 0.3 is 12.2 Å². The highest BCUT2D eigenvalue weighted by molar-refractivity contribution is 5.85. The Morgan fingerprint density at radius 3 is 2.60 bits per heavy atom. The molecular formula is C14H17FN6O4. The van der Waals surface area contributed by atoms with Crippen molar-refractivity contribution in [3.8, 4) is 17.3 Å². The Morgan fingerprint density at radius 1 is 1.36 bits per heavy atom. The van der Waals surface area contributed by atoms with Crippen LogP contribution in [0.3, 0.4) is 0 Å². The van der Waals surface area contributed by atoms with Gasteiger partial charge in [-0.2, -0.15) is 0 Å². The maximum atomic E-state index is 14.2. The van der Waals surface area contributed by atoms with Crippen LogP contribution in [0.25, 0.3) is 11.4 Å². The first-order valence-corrected chi connectivity index (χ1v) is 7.09. The molecule has 2 aromatic heterocycles. The summed E-state index contributed by atoms with van der Waals surface area (Å²) in [5, 5.41) is 9.68. The van der Waals surface area contributed by atoms with Gasteiger partial charge in [0.1, 0.15) is 5.60 Å². The van der Waals surface area contributed by atoms with E-state index in [1.54, 1.807) is 20.8 Å². The minimum atomic E-state index is -1.07. The van der Waals surface area contributed by atoms with Gasteiger partial charge in [-0.05, 0) is 20.8 Å². The molecule has 10 nitrogen and oxygen atoms in total. The molecule has 2 rings (SSSR count). The summed E-state index contributed by atoms with van der Waals surface area (Å²) in [5.41, 5.74) is 4.12. The van der Waals surface area contributed by atoms with Gasteiger partial charge in [-0.3, -0.25) is 10.3 Å². The Hall–Kier alpha value is -3.24. The summed E-state index contributed by atoms with van der Waals surface area (Å²) >= 11 is 0. The maximum absolute atomic E-state index is 14.2. The van der Waals surface area contributed by atoms with Crippen LogP contribution in [-0.2, 0) is 11.8 Å². The van der Waals surface area contributed by atoms with Gasteiger partial charge in [-0.1, -0.05) is 5.21 Å². The van der Waals surface area contributed by atoms with E-state index in [0.717, 1.165) is 16.9 Å². The van der Waals surface area contributed by atoms with Crippen LogP contribution in [0.5, 0.6) is 5.88 Å². The summed E-state index contributed by atoms with van der Waals surface area (Å²) in [5.74, 6) is -0.876. The van der Waals surface area contributed by atoms with Crippen LogP contribution in [0, 0.1) is 5.82 Å². The topological polar surface area (TPSA) is 134 Å². The van der Waals surface area contributed by atoms with Crippen molar-refractivity contribution >= 4 is 17.9 Å². The molecule has 0 spiro atoms. The quantitative estimate of drug-likeness (QED) is 0.860. The number of nitrogens with one attached hydrogen (secondary N) is 1. The van der Waals surface area contributed by atoms with Gasteiger partial charge in [0.15, 0.2) is 11.5 Å². The van der Waals surface area contributed by atoms with Crippen LogP contribution in [0.1, 0.15) is 20.8 Å². The number of nitrogens with zero attached hydrogens (tertiary/aromatic N) is 4. The number of hydrogen-bond donors (Lipinski definition) is 2. The van der Waals surface area contributed by atoms with Crippen LogP contribution in [0.2, 0.25) is 0 Å². The third-order valence-corrected chi connectivity index (χ3v) is 2.70. The van der Waals surface area contributed by atoms with E-state index in [4.69, 9.17) is 15.2 Å². The number of carbonyl (C=O) groups excluding carboxylic acids is 2. The predicted octanol–water partition coefficient (Wildman–Crippen LogP) is 1.82. The van der Waals surface area contributed by atoms with Crippen LogP contribution in [-0.4, -0.2) is 37.8 Å². The number of primary amides is 1. The molecule has 0 aromatic carbocycles. The zero-order chi connectivity index (χ0) is 18.8. The lowest BCUT2D eigenvalue weighted by atomic mass is 10.2. The SMILES string of the molecule is Cn1nnc(-c2cc(F)c(NC(=O)OC(C)(C)C)cn2)c1OC(N)=O. The Labute approximate surface area is 142 Å². The molecule has 0 radical (unpaired) electrons. The van der Waals surface area contributed by atoms with Crippen molar-refractivity contribution in [3.05, 3.63) is 18.1 Å². The van der Waals surface area contributed by atoms with E-state index in [1.165, 1.54) is 7.05 Å². The van der Waals surface area contributed by atoms with Crippen molar-refractivity contribution in [2.75, 3.05) is 5.32 Å². The van der Waals surface area contributed by atoms with Crippen molar-refractivity contribution in [2.45, 2.75) is 26.4 Å². The lowest BCUT2D eigenvalue weighted by Gasteiger charge is -2.19. The predicted molar refractivity (Wildman–Crippen MR) is 84.3 cm³/mol. The lowest BCUT2D eigenvalue weighted by molar-refractivity contribution is 0.0635. The van der Waals surface area contributed by atoms with E-state index in [0.29, 0.717) is 0 Å². The van der Waals surface area contributed by atoms with Gasteiger partial charge in [0.05, 0.1) is 17.6 Å². The van der Waals surface area contributed by atoms with Crippen LogP contribution in [0.4, 0.5) is 19.7 Å². The smallest absolute Gasteiger partial charge is 0.412 e. The molecule has 0 aliphatic carbocycles. The van der Waals surface area contributed by atoms with Crippen molar-refractivity contribution in [1.29, 1.82) is 0 Å². The molecule has 0 atom stereocenters. The monoisotopic (exact) mass is 352 g/mol. The van der Waals surface area contributed by atoms with Gasteiger partial charge < -0.3 is 15.2 Å². The van der Waals surface area contributed by atoms with E-state index >= 15 is 0 Å². The van der Waals surface area contributed by atoms with Crippen molar-refractivity contribution < 1.29 is 23.5 Å². The van der Waals surface area contributed by atoms with Crippen molar-refractivity contribution in [2.24, 2.45) is 12.8 Å². The fraction of sp³-hybridized carbons (Fsp3) is 0.357. The molecule has 11 heteroatoms. The van der Waals surface area contributed by atoms with Crippen molar-refractivity contribution in [3.63, 3.8) is 0 Å². The second-order valence-corrected chi connectivity index (χ2v) is 5.96. The Bertz CT molecular complexity index is 814. The van der Waals surface area contributed by atoms with Gasteiger partial charge in [0, 0.05) is 13.1 Å². The second kappa shape index (κ2) is 6.71. The van der Waals surface area contributed by atoms with E-state index in [9.17, 15) is 14.0 Å². The number of aromatic nitrogens is 4. The van der Waals surface area contributed by atoms with E-state index in [2.05, 4.69) is 20.6 Å². The fourth-order valence-corrected chi connectivity index (χ4v) is 1.78. The lowest BCUT2D eigenvalue weighted by Crippen LogP contribution is -2.27. The molecule has 0 bridgehead atoms. The largest absolute Gasteiger partial charge is 0.444 e. The summed E-state index contributed by atoms with van der Waals surface area (Å²) in [6.07, 6.45) is -0.814. The number of nitrogens with two attached hydrogens (primary N) is 1. The number of aryl methyl sites for hydroxylation is 1. The summed E-state index contributed by atoms with van der Waals surface area (Å²) in [4.78, 5) is 26.6. The standard InChI is InChI=1S/C14H17FN6O4/c1-14(2,3)25-13(23)18-9-6-17-8(5-7(9)15)10-11(24-12(16)22)21(4)20-19-10/h5-6H,1-4H3,(H2,16,22)(H,18,23). The summed E-state index contributed by atoms with van der Waals surface area (Å²) in [7, 11) is 1.46. The molecule has 0 unspecified atom stereocenters. The van der Waals surface area contributed by atoms with Crippen LogP contribution in [0.15, 0.2) is 12.3 Å². The Balaban J connectivity index is 2.26. The fourth-order valence-electron chi connectivity index (χ4n) is 1.78. The minimum Gasteiger partial charge on any atom is -0.444 e. The molecule has 2 amide bonds. The number of rotatable bonds is 3. The molecule has 2 heterocycles. The Morgan fingerprint density at radius 2 is 2.04 bits per heavy atom. The second-order valence-electron chi connectivity index (χ2n) is 5.96. The molecule has 0 aliphatic rings. The van der Waals surface area contributed by atoms with Gasteiger partial charge in [0.2, 0.25) is 0 Å². The average Bonchev–Trinajstić information content (AvgIpc) is 2.80. The highest BCUT2D eigenvalue weighted by Gasteiger charge is 2.21. The number of halogens is 1. The zero-order valence-corrected chi connectivity index (χ0v) is 14.0. The average molecular weight is 352 g/mol. The van der Waals surface area contributed by atoms with E-state index < -0.39 is 23.6 Å². The molecule has 134 valence electrons. The van der Waals surface area contributed by atoms with Gasteiger partial charge in [0.25, 0.3) is 5.88 Å². The molecule has 3 N–H and O–H groups in total. The number of pyridine rings is 1. The minimum absolute atomic E-state index is 0.0176. The van der Waals surface area contributed by atoms with Gasteiger partial charge in [-0.25, -0.2) is 18.7 Å². The molecule has 0 fully saturated rings. The maximum Gasteiger partial charge on any atom is 0.412 e. The molecule has 25 heavy (non-hydrogen) atoms. The summed E-state index contributed by atoms with van der Waals surface area (Å²) in [6, 6.07) is 1.00. The third-order valence-electron chi connectivity index (χ3n) is 2.70. The highest BCUT2D eigenvalue weighted by atomic mass is 19.1. The zero-order valence-electron chi connectivity index (χ0n) is 14.0. The number of amides is 2. The van der Waals surface area contributed by atoms with Gasteiger partial charge in [-0.15, -0.1) is 5.10 Å². The van der Waals surface area contributed by atoms with Crippen molar-refractivity contribution in [1.82, 2.24) is 20.0 Å². The van der Waals surface area contributed by atoms with E-state index in [1.807, 2.05) is 0 Å². The summed E-state index contributed by atoms with van der Waals surface area (Å²) < 4.78 is 25.2. The summed E-state index contributed by atoms with van der Waals surface area (Å²) in [6.45, 7) is 5.04. The first-order chi connectivity index (χ1) is 11.6. The molecule has 0 aliphatic heterocycles. The molecule has 2 aromatic rings. The first kappa shape index (κ1) is 18.1. The molecule has 0 saturated carbocycles. The molecule has 0 saturated heterocycles. The third kappa shape index (κ3) is 4.62.